The molecule has 0 rings (SSSR count). The van der Waals surface area contributed by atoms with E-state index in [1.807, 2.05) is 0 Å². The summed E-state index contributed by atoms with van der Waals surface area (Å²) >= 11 is 0. The highest BCUT2D eigenvalue weighted by Gasteiger charge is 2.09. The number of urea groups is 1. The quantitative estimate of drug-likeness (QED) is 0.541. The fourth-order valence-corrected chi connectivity index (χ4v) is 1.89. The molecule has 2 amide bonds. The molecule has 1 unspecified atom stereocenters. The molecule has 0 aromatic rings. The highest BCUT2D eigenvalue weighted by atomic mass is 32.2. The van der Waals surface area contributed by atoms with E-state index in [1.165, 1.54) is 0 Å². The van der Waals surface area contributed by atoms with Gasteiger partial charge in [0, 0.05) is 25.3 Å². The topological polar surface area (TPSA) is 113 Å². The minimum absolute atomic E-state index is 0.00444. The van der Waals surface area contributed by atoms with Crippen molar-refractivity contribution < 1.29 is 23.1 Å². The van der Waals surface area contributed by atoms with Crippen LogP contribution >= 0.6 is 0 Å². The van der Waals surface area contributed by atoms with Gasteiger partial charge in [0.15, 0.2) is 0 Å². The van der Waals surface area contributed by atoms with Crippen molar-refractivity contribution in [2.75, 3.05) is 18.6 Å². The lowest BCUT2D eigenvalue weighted by Gasteiger charge is -2.13. The van der Waals surface area contributed by atoms with E-state index in [9.17, 15) is 18.0 Å². The molecule has 0 bridgehead atoms. The lowest BCUT2D eigenvalue weighted by Crippen LogP contribution is -2.41. The van der Waals surface area contributed by atoms with Crippen molar-refractivity contribution in [3.63, 3.8) is 0 Å². The number of carbonyl (C=O) groups is 2. The van der Waals surface area contributed by atoms with Gasteiger partial charge in [-0.2, -0.15) is 0 Å². The Hall–Kier alpha value is -1.31. The first-order valence-corrected chi connectivity index (χ1v) is 7.70. The Balaban J connectivity index is 3.68. The Kier molecular flexibility index (Phi) is 7.33. The lowest BCUT2D eigenvalue weighted by molar-refractivity contribution is -0.137. The first-order chi connectivity index (χ1) is 8.20. The molecule has 0 aliphatic rings. The summed E-state index contributed by atoms with van der Waals surface area (Å²) in [4.78, 5) is 21.6. The zero-order chi connectivity index (χ0) is 14.2. The summed E-state index contributed by atoms with van der Waals surface area (Å²) in [5, 5.41) is 13.5. The number of carboxylic acids is 1. The largest absolute Gasteiger partial charge is 0.481 e. The van der Waals surface area contributed by atoms with Gasteiger partial charge in [0.25, 0.3) is 0 Å². The predicted molar refractivity (Wildman–Crippen MR) is 67.2 cm³/mol. The minimum Gasteiger partial charge on any atom is -0.481 e. The molecule has 7 nitrogen and oxygen atoms in total. The van der Waals surface area contributed by atoms with Crippen LogP contribution in [0.3, 0.4) is 0 Å². The third kappa shape index (κ3) is 11.2. The third-order valence-electron chi connectivity index (χ3n) is 2.15. The average molecular weight is 280 g/mol. The van der Waals surface area contributed by atoms with Crippen LogP contribution < -0.4 is 10.6 Å². The summed E-state index contributed by atoms with van der Waals surface area (Å²) in [6.07, 6.45) is 1.85. The van der Waals surface area contributed by atoms with E-state index in [0.717, 1.165) is 6.26 Å². The summed E-state index contributed by atoms with van der Waals surface area (Å²) in [6.45, 7) is 1.98. The molecule has 0 spiro atoms. The maximum absolute atomic E-state index is 11.3. The molecule has 0 heterocycles. The number of carbonyl (C=O) groups excluding carboxylic acids is 1. The molecule has 1 atom stereocenters. The maximum atomic E-state index is 11.3. The fourth-order valence-electron chi connectivity index (χ4n) is 1.22. The second-order valence-electron chi connectivity index (χ2n) is 4.22. The van der Waals surface area contributed by atoms with Gasteiger partial charge in [0.05, 0.1) is 5.75 Å². The molecule has 0 aromatic carbocycles. The number of carboxylic acid groups (broad SMARTS) is 1. The average Bonchev–Trinajstić information content (AvgIpc) is 2.20. The second-order valence-corrected chi connectivity index (χ2v) is 6.48. The molecule has 0 aliphatic carbocycles. The molecule has 0 saturated heterocycles. The van der Waals surface area contributed by atoms with Crippen LogP contribution in [0.2, 0.25) is 0 Å². The smallest absolute Gasteiger partial charge is 0.314 e. The van der Waals surface area contributed by atoms with E-state index in [-0.39, 0.29) is 24.8 Å². The van der Waals surface area contributed by atoms with E-state index in [1.54, 1.807) is 6.92 Å². The van der Waals surface area contributed by atoms with Crippen LogP contribution in [-0.4, -0.2) is 50.1 Å². The standard InChI is InChI=1S/C10H20N2O5S/c1-8(4-5-9(13)14)12-10(15)11-6-3-7-18(2,16)17/h8H,3-7H2,1-2H3,(H,13,14)(H2,11,12,15). The molecule has 0 aromatic heterocycles. The molecule has 0 fully saturated rings. The Morgan fingerprint density at radius 3 is 2.44 bits per heavy atom. The molecule has 0 aliphatic heterocycles. The highest BCUT2D eigenvalue weighted by Crippen LogP contribution is 1.95. The first-order valence-electron chi connectivity index (χ1n) is 5.64. The van der Waals surface area contributed by atoms with Crippen LogP contribution in [0.1, 0.15) is 26.2 Å². The van der Waals surface area contributed by atoms with E-state index < -0.39 is 21.8 Å². The van der Waals surface area contributed by atoms with Crippen LogP contribution in [0.5, 0.6) is 0 Å². The Morgan fingerprint density at radius 2 is 1.94 bits per heavy atom. The van der Waals surface area contributed by atoms with Crippen molar-refractivity contribution in [1.82, 2.24) is 10.6 Å². The minimum atomic E-state index is -3.00. The lowest BCUT2D eigenvalue weighted by atomic mass is 10.2. The molecule has 3 N–H and O–H groups in total. The zero-order valence-corrected chi connectivity index (χ0v) is 11.4. The second kappa shape index (κ2) is 7.91. The molecule has 0 radical (unpaired) electrons. The molecule has 18 heavy (non-hydrogen) atoms. The maximum Gasteiger partial charge on any atom is 0.314 e. The van der Waals surface area contributed by atoms with E-state index in [2.05, 4.69) is 10.6 Å². The fraction of sp³-hybridized carbons (Fsp3) is 0.800. The Morgan fingerprint density at radius 1 is 1.33 bits per heavy atom. The summed E-state index contributed by atoms with van der Waals surface area (Å²) in [5.41, 5.74) is 0. The van der Waals surface area contributed by atoms with Crippen LogP contribution in [0.4, 0.5) is 4.79 Å². The normalized spacial score (nSPS) is 12.8. The van der Waals surface area contributed by atoms with Crippen LogP contribution in [0.25, 0.3) is 0 Å². The van der Waals surface area contributed by atoms with Gasteiger partial charge in [-0.15, -0.1) is 0 Å². The molecule has 106 valence electrons. The monoisotopic (exact) mass is 280 g/mol. The van der Waals surface area contributed by atoms with E-state index in [4.69, 9.17) is 5.11 Å². The number of nitrogens with one attached hydrogen (secondary N) is 2. The van der Waals surface area contributed by atoms with Gasteiger partial charge in [-0.05, 0) is 19.8 Å². The predicted octanol–water partition coefficient (Wildman–Crippen LogP) is -0.0264. The number of rotatable bonds is 8. The van der Waals surface area contributed by atoms with E-state index >= 15 is 0 Å². The number of aliphatic carboxylic acids is 1. The van der Waals surface area contributed by atoms with Gasteiger partial charge in [-0.25, -0.2) is 13.2 Å². The molecular weight excluding hydrogens is 260 g/mol. The van der Waals surface area contributed by atoms with Crippen molar-refractivity contribution in [3.8, 4) is 0 Å². The molecular formula is C10H20N2O5S. The van der Waals surface area contributed by atoms with E-state index in [0.29, 0.717) is 12.8 Å². The van der Waals surface area contributed by atoms with Crippen LogP contribution in [-0.2, 0) is 14.6 Å². The van der Waals surface area contributed by atoms with Crippen molar-refractivity contribution >= 4 is 21.8 Å². The summed E-state index contributed by atoms with van der Waals surface area (Å²) in [6, 6.07) is -0.655. The summed E-state index contributed by atoms with van der Waals surface area (Å²) in [5.74, 6) is -0.876. The Bertz CT molecular complexity index is 380. The first kappa shape index (κ1) is 16.7. The van der Waals surface area contributed by atoms with Crippen molar-refractivity contribution in [2.24, 2.45) is 0 Å². The van der Waals surface area contributed by atoms with Crippen molar-refractivity contribution in [2.45, 2.75) is 32.2 Å². The third-order valence-corrected chi connectivity index (χ3v) is 3.18. The van der Waals surface area contributed by atoms with Gasteiger partial charge in [0.1, 0.15) is 9.84 Å². The number of hydrogen-bond acceptors (Lipinski definition) is 4. The van der Waals surface area contributed by atoms with Gasteiger partial charge in [-0.1, -0.05) is 0 Å². The van der Waals surface area contributed by atoms with Gasteiger partial charge in [0.2, 0.25) is 0 Å². The SMILES string of the molecule is CC(CCC(=O)O)NC(=O)NCCCS(C)(=O)=O. The van der Waals surface area contributed by atoms with Gasteiger partial charge < -0.3 is 15.7 Å². The molecule has 0 saturated carbocycles. The van der Waals surface area contributed by atoms with Crippen molar-refractivity contribution in [1.29, 1.82) is 0 Å². The molecule has 8 heteroatoms. The van der Waals surface area contributed by atoms with Gasteiger partial charge >= 0.3 is 12.0 Å². The number of hydrogen-bond donors (Lipinski definition) is 3. The van der Waals surface area contributed by atoms with Crippen LogP contribution in [0, 0.1) is 0 Å². The Labute approximate surface area is 107 Å². The van der Waals surface area contributed by atoms with Crippen molar-refractivity contribution in [3.05, 3.63) is 0 Å². The number of sulfone groups is 1. The highest BCUT2D eigenvalue weighted by molar-refractivity contribution is 7.90. The summed E-state index contributed by atoms with van der Waals surface area (Å²) in [7, 11) is -3.00. The summed E-state index contributed by atoms with van der Waals surface area (Å²) < 4.78 is 21.6. The van der Waals surface area contributed by atoms with Crippen LogP contribution in [0.15, 0.2) is 0 Å². The zero-order valence-electron chi connectivity index (χ0n) is 10.6. The van der Waals surface area contributed by atoms with Gasteiger partial charge in [-0.3, -0.25) is 4.79 Å². The number of amides is 2.